The van der Waals surface area contributed by atoms with E-state index in [1.165, 1.54) is 6.07 Å². The van der Waals surface area contributed by atoms with Gasteiger partial charge >= 0.3 is 0 Å². The molecule has 5 heteroatoms. The summed E-state index contributed by atoms with van der Waals surface area (Å²) in [7, 11) is 0. The molecular weight excluding hydrogens is 240 g/mol. The van der Waals surface area contributed by atoms with Gasteiger partial charge in [-0.3, -0.25) is 0 Å². The molecule has 1 aliphatic rings. The van der Waals surface area contributed by atoms with Gasteiger partial charge < -0.3 is 15.2 Å². The Hall–Kier alpha value is -1.04. The van der Waals surface area contributed by atoms with E-state index in [1.807, 2.05) is 0 Å². The minimum absolute atomic E-state index is 0.119. The zero-order valence-electron chi connectivity index (χ0n) is 10.2. The highest BCUT2D eigenvalue weighted by molar-refractivity contribution is 5.20. The van der Waals surface area contributed by atoms with Crippen LogP contribution in [-0.4, -0.2) is 31.4 Å². The van der Waals surface area contributed by atoms with Crippen molar-refractivity contribution in [3.8, 4) is 0 Å². The van der Waals surface area contributed by atoms with Crippen molar-refractivity contribution < 1.29 is 18.6 Å². The molecule has 0 aromatic heterocycles. The van der Waals surface area contributed by atoms with Gasteiger partial charge in [0, 0.05) is 18.5 Å². The van der Waals surface area contributed by atoms with Gasteiger partial charge in [0.1, 0.15) is 0 Å². The molecule has 1 saturated heterocycles. The van der Waals surface area contributed by atoms with Crippen LogP contribution in [0.2, 0.25) is 0 Å². The van der Waals surface area contributed by atoms with Crippen LogP contribution in [0.1, 0.15) is 18.6 Å². The van der Waals surface area contributed by atoms with Crippen LogP contribution in [0.5, 0.6) is 0 Å². The van der Waals surface area contributed by atoms with Gasteiger partial charge in [0.05, 0.1) is 19.3 Å². The Kier molecular flexibility index (Phi) is 3.94. The third-order valence-electron chi connectivity index (χ3n) is 3.12. The highest BCUT2D eigenvalue weighted by Crippen LogP contribution is 2.25. The molecule has 1 unspecified atom stereocenters. The van der Waals surface area contributed by atoms with Crippen molar-refractivity contribution in [2.24, 2.45) is 5.41 Å². The Morgan fingerprint density at radius 2 is 2.11 bits per heavy atom. The van der Waals surface area contributed by atoms with Crippen LogP contribution in [0, 0.1) is 17.0 Å². The van der Waals surface area contributed by atoms with Crippen LogP contribution >= 0.6 is 0 Å². The average molecular weight is 257 g/mol. The highest BCUT2D eigenvalue weighted by atomic mass is 19.2. The molecule has 0 radical (unpaired) electrons. The van der Waals surface area contributed by atoms with Gasteiger partial charge in [0.25, 0.3) is 0 Å². The minimum atomic E-state index is -0.939. The first-order valence-corrected chi connectivity index (χ1v) is 5.92. The number of rotatable bonds is 5. The van der Waals surface area contributed by atoms with Crippen LogP contribution in [0.15, 0.2) is 18.2 Å². The van der Waals surface area contributed by atoms with Crippen molar-refractivity contribution in [3.05, 3.63) is 35.4 Å². The maximum Gasteiger partial charge on any atom is 0.159 e. The van der Waals surface area contributed by atoms with Crippen molar-refractivity contribution in [2.75, 3.05) is 26.3 Å². The molecule has 0 bridgehead atoms. The summed E-state index contributed by atoms with van der Waals surface area (Å²) in [6.45, 7) is 4.55. The molecule has 0 spiro atoms. The Morgan fingerprint density at radius 1 is 1.39 bits per heavy atom. The van der Waals surface area contributed by atoms with E-state index in [0.29, 0.717) is 25.3 Å². The molecule has 1 heterocycles. The molecule has 0 aliphatic carbocycles. The molecule has 1 aromatic carbocycles. The van der Waals surface area contributed by atoms with E-state index >= 15 is 0 Å². The summed E-state index contributed by atoms with van der Waals surface area (Å²) >= 11 is 0. The van der Waals surface area contributed by atoms with Gasteiger partial charge in [-0.05, 0) is 17.7 Å². The average Bonchev–Trinajstić information content (AvgIpc) is 2.30. The number of hydrogen-bond donors (Lipinski definition) is 2. The zero-order valence-corrected chi connectivity index (χ0v) is 10.2. The summed E-state index contributed by atoms with van der Waals surface area (Å²) in [6, 6.07) is 3.43. The number of halogens is 2. The molecule has 2 rings (SSSR count). The van der Waals surface area contributed by atoms with Crippen LogP contribution < -0.4 is 5.32 Å². The van der Waals surface area contributed by atoms with Crippen LogP contribution in [0.25, 0.3) is 0 Å². The Bertz CT molecular complexity index is 421. The maximum absolute atomic E-state index is 13.0. The van der Waals surface area contributed by atoms with Crippen molar-refractivity contribution in [1.82, 2.24) is 5.32 Å². The third-order valence-corrected chi connectivity index (χ3v) is 3.12. The molecular formula is C13H17F2NO2. The maximum atomic E-state index is 13.0. The monoisotopic (exact) mass is 257 g/mol. The van der Waals surface area contributed by atoms with E-state index in [0.717, 1.165) is 18.7 Å². The first-order chi connectivity index (χ1) is 8.50. The van der Waals surface area contributed by atoms with Crippen LogP contribution in [0.3, 0.4) is 0 Å². The van der Waals surface area contributed by atoms with E-state index in [9.17, 15) is 13.9 Å². The first kappa shape index (κ1) is 13.4. The first-order valence-electron chi connectivity index (χ1n) is 5.92. The smallest absolute Gasteiger partial charge is 0.159 e. The molecule has 2 N–H and O–H groups in total. The normalized spacial score (nSPS) is 19.3. The fourth-order valence-corrected chi connectivity index (χ4v) is 1.90. The lowest BCUT2D eigenvalue weighted by Crippen LogP contribution is -2.47. The fourth-order valence-electron chi connectivity index (χ4n) is 1.90. The summed E-state index contributed by atoms with van der Waals surface area (Å²) in [4.78, 5) is 0. The predicted molar refractivity (Wildman–Crippen MR) is 63.1 cm³/mol. The fraction of sp³-hybridized carbons (Fsp3) is 0.538. The van der Waals surface area contributed by atoms with Gasteiger partial charge in [-0.25, -0.2) is 8.78 Å². The second-order valence-electron chi connectivity index (χ2n) is 5.12. The second-order valence-corrected chi connectivity index (χ2v) is 5.12. The topological polar surface area (TPSA) is 41.5 Å². The highest BCUT2D eigenvalue weighted by Gasteiger charge is 2.32. The molecule has 100 valence electrons. The minimum Gasteiger partial charge on any atom is -0.387 e. The van der Waals surface area contributed by atoms with E-state index in [2.05, 4.69) is 12.2 Å². The summed E-state index contributed by atoms with van der Waals surface area (Å²) in [5, 5.41) is 13.0. The van der Waals surface area contributed by atoms with E-state index < -0.39 is 17.7 Å². The Labute approximate surface area is 105 Å². The quantitative estimate of drug-likeness (QED) is 0.842. The molecule has 1 atom stereocenters. The van der Waals surface area contributed by atoms with E-state index in [1.54, 1.807) is 0 Å². The lowest BCUT2D eigenvalue weighted by Gasteiger charge is -2.38. The Morgan fingerprint density at radius 3 is 2.67 bits per heavy atom. The van der Waals surface area contributed by atoms with Crippen molar-refractivity contribution in [2.45, 2.75) is 13.0 Å². The summed E-state index contributed by atoms with van der Waals surface area (Å²) in [6.07, 6.45) is -0.843. The van der Waals surface area contributed by atoms with Gasteiger partial charge in [-0.1, -0.05) is 13.0 Å². The number of aliphatic hydroxyl groups is 1. The van der Waals surface area contributed by atoms with Crippen LogP contribution in [-0.2, 0) is 4.74 Å². The number of nitrogens with one attached hydrogen (secondary N) is 1. The predicted octanol–water partition coefficient (Wildman–Crippen LogP) is 1.62. The number of benzene rings is 1. The largest absolute Gasteiger partial charge is 0.387 e. The number of ether oxygens (including phenoxy) is 1. The van der Waals surface area contributed by atoms with Gasteiger partial charge in [-0.2, -0.15) is 0 Å². The molecule has 18 heavy (non-hydrogen) atoms. The summed E-state index contributed by atoms with van der Waals surface area (Å²) in [5.41, 5.74) is 0.490. The summed E-state index contributed by atoms with van der Waals surface area (Å²) < 4.78 is 30.8. The molecule has 1 fully saturated rings. The second kappa shape index (κ2) is 5.30. The zero-order chi connectivity index (χ0) is 13.2. The standard InChI is InChI=1S/C13H17F2NO2/c1-13(7-18-8-13)6-16-5-12(17)9-2-3-10(14)11(15)4-9/h2-4,12,16-17H,5-8H2,1H3. The van der Waals surface area contributed by atoms with Crippen molar-refractivity contribution >= 4 is 0 Å². The summed E-state index contributed by atoms with van der Waals surface area (Å²) in [5.74, 6) is -1.84. The number of aliphatic hydroxyl groups excluding tert-OH is 1. The SMILES string of the molecule is CC1(CNCC(O)c2ccc(F)c(F)c2)COC1. The van der Waals surface area contributed by atoms with Crippen molar-refractivity contribution in [3.63, 3.8) is 0 Å². The van der Waals surface area contributed by atoms with Gasteiger partial charge in [-0.15, -0.1) is 0 Å². The van der Waals surface area contributed by atoms with Crippen LogP contribution in [0.4, 0.5) is 8.78 Å². The van der Waals surface area contributed by atoms with E-state index in [-0.39, 0.29) is 5.41 Å². The number of hydrogen-bond acceptors (Lipinski definition) is 3. The molecule has 3 nitrogen and oxygen atoms in total. The molecule has 1 aliphatic heterocycles. The van der Waals surface area contributed by atoms with Crippen molar-refractivity contribution in [1.29, 1.82) is 0 Å². The molecule has 0 saturated carbocycles. The lowest BCUT2D eigenvalue weighted by molar-refractivity contribution is -0.0996. The molecule has 0 amide bonds. The van der Waals surface area contributed by atoms with Gasteiger partial charge in [0.2, 0.25) is 0 Å². The lowest BCUT2D eigenvalue weighted by atomic mass is 9.89. The third kappa shape index (κ3) is 3.04. The van der Waals surface area contributed by atoms with E-state index in [4.69, 9.17) is 4.74 Å². The molecule has 1 aromatic rings. The van der Waals surface area contributed by atoms with Gasteiger partial charge in [0.15, 0.2) is 11.6 Å². The Balaban J connectivity index is 1.83.